The highest BCUT2D eigenvalue weighted by molar-refractivity contribution is 5.30. The van der Waals surface area contributed by atoms with E-state index in [0.29, 0.717) is 6.61 Å². The zero-order chi connectivity index (χ0) is 13.8. The van der Waals surface area contributed by atoms with Crippen molar-refractivity contribution in [2.45, 2.75) is 51.6 Å². The molecule has 0 saturated carbocycles. The van der Waals surface area contributed by atoms with Crippen LogP contribution in [0.15, 0.2) is 10.9 Å². The summed E-state index contributed by atoms with van der Waals surface area (Å²) in [6.07, 6.45) is 5.33. The zero-order valence-electron chi connectivity index (χ0n) is 11.9. The largest absolute Gasteiger partial charge is 0.385 e. The van der Waals surface area contributed by atoms with E-state index in [1.165, 1.54) is 24.1 Å². The lowest BCUT2D eigenvalue weighted by atomic mass is 9.93. The van der Waals surface area contributed by atoms with E-state index >= 15 is 0 Å². The van der Waals surface area contributed by atoms with Gasteiger partial charge in [-0.15, -0.1) is 0 Å². The molecule has 0 aromatic carbocycles. The van der Waals surface area contributed by atoms with Crippen LogP contribution in [-0.4, -0.2) is 18.3 Å². The van der Waals surface area contributed by atoms with Gasteiger partial charge in [-0.25, -0.2) is 0 Å². The second kappa shape index (κ2) is 6.35. The number of hydrogen-bond acceptors (Lipinski definition) is 3. The Hall–Kier alpha value is -1.13. The average molecular weight is 264 g/mol. The highest BCUT2D eigenvalue weighted by Crippen LogP contribution is 2.22. The predicted molar refractivity (Wildman–Crippen MR) is 76.4 cm³/mol. The van der Waals surface area contributed by atoms with Gasteiger partial charge in [-0.3, -0.25) is 4.79 Å². The number of nitrogens with two attached hydrogens (primary N) is 1. The second-order valence-corrected chi connectivity index (χ2v) is 5.37. The molecular weight excluding hydrogens is 240 g/mol. The van der Waals surface area contributed by atoms with Crippen LogP contribution in [0.4, 0.5) is 0 Å². The lowest BCUT2D eigenvalue weighted by Crippen LogP contribution is -2.32. The molecule has 19 heavy (non-hydrogen) atoms. The number of methoxy groups -OCH3 is 1. The summed E-state index contributed by atoms with van der Waals surface area (Å²) in [7, 11) is 1.69. The number of rotatable bonds is 5. The van der Waals surface area contributed by atoms with E-state index in [0.717, 1.165) is 31.4 Å². The molecule has 1 atom stereocenters. The van der Waals surface area contributed by atoms with Crippen LogP contribution in [0.1, 0.15) is 49.0 Å². The summed E-state index contributed by atoms with van der Waals surface area (Å²) in [5, 5.41) is 0. The highest BCUT2D eigenvalue weighted by atomic mass is 16.5. The molecule has 1 unspecified atom stereocenters. The van der Waals surface area contributed by atoms with Crippen molar-refractivity contribution in [2.24, 2.45) is 5.73 Å². The van der Waals surface area contributed by atoms with Crippen molar-refractivity contribution in [1.82, 2.24) is 4.57 Å². The molecule has 2 rings (SSSR count). The van der Waals surface area contributed by atoms with Crippen molar-refractivity contribution in [3.8, 4) is 0 Å². The number of pyridine rings is 1. The molecule has 1 aliphatic carbocycles. The van der Waals surface area contributed by atoms with Crippen LogP contribution in [0.2, 0.25) is 0 Å². The Labute approximate surface area is 114 Å². The van der Waals surface area contributed by atoms with E-state index in [1.54, 1.807) is 7.11 Å². The third-order valence-electron chi connectivity index (χ3n) is 3.85. The van der Waals surface area contributed by atoms with Crippen molar-refractivity contribution in [3.05, 3.63) is 33.2 Å². The highest BCUT2D eigenvalue weighted by Gasteiger charge is 2.18. The number of ether oxygens (including phenoxy) is 1. The molecule has 2 N–H and O–H groups in total. The van der Waals surface area contributed by atoms with Crippen molar-refractivity contribution in [3.63, 3.8) is 0 Å². The molecule has 0 saturated heterocycles. The van der Waals surface area contributed by atoms with Gasteiger partial charge >= 0.3 is 0 Å². The van der Waals surface area contributed by atoms with Crippen molar-refractivity contribution in [2.75, 3.05) is 13.7 Å². The first-order chi connectivity index (χ1) is 9.15. The van der Waals surface area contributed by atoms with Crippen LogP contribution in [-0.2, 0) is 24.1 Å². The Bertz CT molecular complexity index is 492. The van der Waals surface area contributed by atoms with Gasteiger partial charge in [0.1, 0.15) is 0 Å². The topological polar surface area (TPSA) is 57.2 Å². The van der Waals surface area contributed by atoms with E-state index in [4.69, 9.17) is 10.5 Å². The van der Waals surface area contributed by atoms with Gasteiger partial charge in [0.2, 0.25) is 0 Å². The summed E-state index contributed by atoms with van der Waals surface area (Å²) in [5.74, 6) is 0. The molecule has 106 valence electrons. The Morgan fingerprint density at radius 2 is 2.16 bits per heavy atom. The van der Waals surface area contributed by atoms with Gasteiger partial charge in [0.05, 0.1) is 0 Å². The fraction of sp³-hybridized carbons (Fsp3) is 0.667. The Kier molecular flexibility index (Phi) is 4.77. The average Bonchev–Trinajstić information content (AvgIpc) is 2.40. The second-order valence-electron chi connectivity index (χ2n) is 5.37. The van der Waals surface area contributed by atoms with Crippen LogP contribution < -0.4 is 11.3 Å². The maximum Gasteiger partial charge on any atom is 0.255 e. The monoisotopic (exact) mass is 264 g/mol. The van der Waals surface area contributed by atoms with E-state index in [9.17, 15) is 4.79 Å². The third-order valence-corrected chi connectivity index (χ3v) is 3.85. The van der Waals surface area contributed by atoms with Gasteiger partial charge in [0, 0.05) is 37.6 Å². The summed E-state index contributed by atoms with van der Waals surface area (Å²) >= 11 is 0. The molecular formula is C15H24N2O2. The smallest absolute Gasteiger partial charge is 0.255 e. The Morgan fingerprint density at radius 1 is 1.42 bits per heavy atom. The Balaban J connectivity index is 2.41. The van der Waals surface area contributed by atoms with Gasteiger partial charge in [-0.2, -0.15) is 0 Å². The fourth-order valence-corrected chi connectivity index (χ4v) is 2.83. The quantitative estimate of drug-likeness (QED) is 0.825. The van der Waals surface area contributed by atoms with Crippen LogP contribution in [0, 0.1) is 0 Å². The number of fused-ring (bicyclic) bond motifs is 1. The lowest BCUT2D eigenvalue weighted by Gasteiger charge is -2.23. The summed E-state index contributed by atoms with van der Waals surface area (Å²) < 4.78 is 7.02. The molecule has 1 heterocycles. The maximum atomic E-state index is 12.5. The molecule has 0 spiro atoms. The molecule has 1 aromatic heterocycles. The maximum absolute atomic E-state index is 12.5. The van der Waals surface area contributed by atoms with Gasteiger partial charge in [-0.05, 0) is 50.7 Å². The first-order valence-electron chi connectivity index (χ1n) is 7.15. The third kappa shape index (κ3) is 3.07. The first kappa shape index (κ1) is 14.3. The van der Waals surface area contributed by atoms with Crippen LogP contribution in [0.3, 0.4) is 0 Å². The molecule has 0 fully saturated rings. The predicted octanol–water partition coefficient (Wildman–Crippen LogP) is 1.78. The first-order valence-corrected chi connectivity index (χ1v) is 7.15. The van der Waals surface area contributed by atoms with Crippen LogP contribution in [0.25, 0.3) is 0 Å². The molecule has 0 amide bonds. The summed E-state index contributed by atoms with van der Waals surface area (Å²) in [5.41, 5.74) is 9.31. The molecule has 0 aliphatic heterocycles. The minimum absolute atomic E-state index is 0.0896. The molecule has 1 aliphatic rings. The van der Waals surface area contributed by atoms with Crippen LogP contribution in [0.5, 0.6) is 0 Å². The van der Waals surface area contributed by atoms with Crippen molar-refractivity contribution >= 4 is 0 Å². The van der Waals surface area contributed by atoms with Crippen molar-refractivity contribution < 1.29 is 4.74 Å². The minimum Gasteiger partial charge on any atom is -0.385 e. The van der Waals surface area contributed by atoms with Gasteiger partial charge in [-0.1, -0.05) is 0 Å². The van der Waals surface area contributed by atoms with Gasteiger partial charge in [0.25, 0.3) is 5.56 Å². The molecule has 1 aromatic rings. The minimum atomic E-state index is -0.201. The summed E-state index contributed by atoms with van der Waals surface area (Å²) in [6.45, 7) is 3.30. The van der Waals surface area contributed by atoms with Gasteiger partial charge < -0.3 is 15.0 Å². The SMILES string of the molecule is COCCCn1c2c(cc(C(C)N)c1=O)CCCC2. The van der Waals surface area contributed by atoms with Crippen LogP contribution >= 0.6 is 0 Å². The van der Waals surface area contributed by atoms with E-state index < -0.39 is 0 Å². The molecule has 4 heteroatoms. The fourth-order valence-electron chi connectivity index (χ4n) is 2.83. The summed E-state index contributed by atoms with van der Waals surface area (Å²) in [6, 6.07) is 1.84. The summed E-state index contributed by atoms with van der Waals surface area (Å²) in [4.78, 5) is 12.5. The van der Waals surface area contributed by atoms with Crippen molar-refractivity contribution in [1.29, 1.82) is 0 Å². The van der Waals surface area contributed by atoms with E-state index in [1.807, 2.05) is 17.6 Å². The van der Waals surface area contributed by atoms with E-state index in [-0.39, 0.29) is 11.6 Å². The standard InChI is InChI=1S/C15H24N2O2/c1-11(16)13-10-12-6-3-4-7-14(12)17(15(13)18)8-5-9-19-2/h10-11H,3-9,16H2,1-2H3. The number of aryl methyl sites for hydroxylation is 1. The Morgan fingerprint density at radius 3 is 2.84 bits per heavy atom. The molecule has 0 radical (unpaired) electrons. The lowest BCUT2D eigenvalue weighted by molar-refractivity contribution is 0.189. The number of aromatic nitrogens is 1. The van der Waals surface area contributed by atoms with E-state index in [2.05, 4.69) is 0 Å². The van der Waals surface area contributed by atoms with Gasteiger partial charge in [0.15, 0.2) is 0 Å². The molecule has 4 nitrogen and oxygen atoms in total. The normalized spacial score (nSPS) is 16.2. The number of hydrogen-bond donors (Lipinski definition) is 1. The molecule has 0 bridgehead atoms. The number of nitrogens with zero attached hydrogens (tertiary/aromatic N) is 1. The zero-order valence-corrected chi connectivity index (χ0v) is 11.9.